The van der Waals surface area contributed by atoms with Gasteiger partial charge in [-0.25, -0.2) is 0 Å². The van der Waals surface area contributed by atoms with Gasteiger partial charge in [0.1, 0.15) is 0 Å². The first-order valence-corrected chi connectivity index (χ1v) is 20.8. The van der Waals surface area contributed by atoms with Gasteiger partial charge >= 0.3 is 0 Å². The summed E-state index contributed by atoms with van der Waals surface area (Å²) < 4.78 is 0. The van der Waals surface area contributed by atoms with E-state index in [4.69, 9.17) is 0 Å². The van der Waals surface area contributed by atoms with Crippen LogP contribution in [0.3, 0.4) is 0 Å². The second-order valence-corrected chi connectivity index (χ2v) is 16.2. The number of rotatable bonds is 5. The summed E-state index contributed by atoms with van der Waals surface area (Å²) in [5.74, 6) is 0. The number of nitrogens with zero attached hydrogens (tertiary/aromatic N) is 1. The maximum absolute atomic E-state index is 2.55. The molecule has 9 aromatic rings. The molecule has 1 spiro atoms. The molecule has 1 heteroatoms. The molecule has 0 radical (unpaired) electrons. The fourth-order valence-electron chi connectivity index (χ4n) is 10.7. The number of aryl methyl sites for hydroxylation is 2. The van der Waals surface area contributed by atoms with Crippen molar-refractivity contribution in [2.45, 2.75) is 31.1 Å². The molecule has 1 nitrogen and oxygen atoms in total. The van der Waals surface area contributed by atoms with E-state index < -0.39 is 5.41 Å². The summed E-state index contributed by atoms with van der Waals surface area (Å²) in [5, 5.41) is 2.44. The van der Waals surface area contributed by atoms with Gasteiger partial charge in [-0.2, -0.15) is 0 Å². The average Bonchev–Trinajstić information content (AvgIpc) is 3.76. The fourth-order valence-corrected chi connectivity index (χ4v) is 10.7. The molecule has 0 fully saturated rings. The molecule has 0 N–H and O–H groups in total. The van der Waals surface area contributed by atoms with Crippen LogP contribution in [-0.4, -0.2) is 0 Å². The highest BCUT2D eigenvalue weighted by molar-refractivity contribution is 6.04. The molecule has 0 amide bonds. The number of fused-ring (bicyclic) bond motifs is 12. The van der Waals surface area contributed by atoms with Gasteiger partial charge in [0.05, 0.1) is 16.8 Å². The minimum Gasteiger partial charge on any atom is -0.309 e. The number of para-hydroxylation sites is 1. The van der Waals surface area contributed by atoms with E-state index >= 15 is 0 Å². The lowest BCUT2D eigenvalue weighted by atomic mass is 9.70. The zero-order valence-corrected chi connectivity index (χ0v) is 32.3. The lowest BCUT2D eigenvalue weighted by Gasteiger charge is -2.33. The van der Waals surface area contributed by atoms with Crippen LogP contribution in [0.1, 0.15) is 46.2 Å². The van der Waals surface area contributed by atoms with Gasteiger partial charge in [-0.1, -0.05) is 170 Å². The third kappa shape index (κ3) is 4.83. The molecule has 0 heterocycles. The monoisotopic (exact) mass is 739 g/mol. The SMILES string of the molecule is c1ccc(N(c2cc3c(cc2-c2ccc(-c4ccc5c(c4)CCCC5)cc2)-c2ccccc2C32c3ccccc3-c3ccccc32)c2cccc3ccccc23)cc1. The van der Waals surface area contributed by atoms with Gasteiger partial charge < -0.3 is 4.90 Å². The molecule has 0 saturated carbocycles. The van der Waals surface area contributed by atoms with E-state index in [0.717, 1.165) is 17.1 Å². The standard InChI is InChI=1S/C57H41N/c1-2-19-44(20-3-1)58(55-28-14-18-40-16-6-7-21-45(40)55)56-37-54-50(36-49(56)41-32-29-39(30-33-41)43-34-31-38-15-4-5-17-42(38)35-43)48-24-10-13-27-53(48)57(54)51-25-11-8-22-46(51)47-23-9-12-26-52(47)57/h1-3,6-14,16,18-37H,4-5,15,17H2. The van der Waals surface area contributed by atoms with E-state index in [1.54, 1.807) is 0 Å². The Morgan fingerprint density at radius 3 is 1.64 bits per heavy atom. The minimum absolute atomic E-state index is 0.455. The summed E-state index contributed by atoms with van der Waals surface area (Å²) in [6.07, 6.45) is 4.97. The Labute approximate surface area is 340 Å². The molecule has 274 valence electrons. The lowest BCUT2D eigenvalue weighted by molar-refractivity contribution is 0.686. The molecule has 0 bridgehead atoms. The van der Waals surface area contributed by atoms with Crippen molar-refractivity contribution < 1.29 is 0 Å². The van der Waals surface area contributed by atoms with Crippen molar-refractivity contribution in [3.63, 3.8) is 0 Å². The molecule has 3 aliphatic carbocycles. The number of benzene rings is 9. The van der Waals surface area contributed by atoms with Gasteiger partial charge in [0.2, 0.25) is 0 Å². The molecule has 12 rings (SSSR count). The highest BCUT2D eigenvalue weighted by Gasteiger charge is 2.52. The Kier molecular flexibility index (Phi) is 7.47. The van der Waals surface area contributed by atoms with E-state index in [1.807, 2.05) is 0 Å². The first-order valence-electron chi connectivity index (χ1n) is 20.8. The van der Waals surface area contributed by atoms with Crippen LogP contribution in [0.25, 0.3) is 55.3 Å². The van der Waals surface area contributed by atoms with E-state index in [0.29, 0.717) is 0 Å². The van der Waals surface area contributed by atoms with Gasteiger partial charge in [0, 0.05) is 16.6 Å². The predicted molar refractivity (Wildman–Crippen MR) is 242 cm³/mol. The maximum Gasteiger partial charge on any atom is 0.0726 e. The molecule has 58 heavy (non-hydrogen) atoms. The van der Waals surface area contributed by atoms with Crippen LogP contribution >= 0.6 is 0 Å². The smallest absolute Gasteiger partial charge is 0.0726 e. The highest BCUT2D eigenvalue weighted by atomic mass is 15.1. The van der Waals surface area contributed by atoms with Crippen molar-refractivity contribution in [2.24, 2.45) is 0 Å². The van der Waals surface area contributed by atoms with Crippen LogP contribution < -0.4 is 4.90 Å². The van der Waals surface area contributed by atoms with Crippen molar-refractivity contribution in [2.75, 3.05) is 4.90 Å². The van der Waals surface area contributed by atoms with Crippen molar-refractivity contribution in [3.05, 3.63) is 234 Å². The summed E-state index contributed by atoms with van der Waals surface area (Å²) in [4.78, 5) is 2.51. The maximum atomic E-state index is 2.55. The molecule has 3 aliphatic rings. The Hall–Kier alpha value is -6.96. The normalized spacial score (nSPS) is 14.1. The van der Waals surface area contributed by atoms with Crippen LogP contribution in [0.5, 0.6) is 0 Å². The Bertz CT molecular complexity index is 3010. The molecule has 0 aliphatic heterocycles. The molecule has 0 unspecified atom stereocenters. The van der Waals surface area contributed by atoms with Crippen LogP contribution in [0.15, 0.2) is 200 Å². The number of anilines is 3. The van der Waals surface area contributed by atoms with Crippen molar-refractivity contribution in [3.8, 4) is 44.5 Å². The molecular weight excluding hydrogens is 699 g/mol. The molecule has 0 atom stereocenters. The zero-order valence-electron chi connectivity index (χ0n) is 32.3. The summed E-state index contributed by atoms with van der Waals surface area (Å²) in [6.45, 7) is 0. The second kappa shape index (κ2) is 13.0. The van der Waals surface area contributed by atoms with Crippen molar-refractivity contribution >= 4 is 27.8 Å². The minimum atomic E-state index is -0.455. The molecular formula is C57H41N. The van der Waals surface area contributed by atoms with E-state index in [1.165, 1.54) is 114 Å². The zero-order chi connectivity index (χ0) is 38.2. The first kappa shape index (κ1) is 33.2. The molecule has 0 aromatic heterocycles. The predicted octanol–water partition coefficient (Wildman–Crippen LogP) is 14.9. The van der Waals surface area contributed by atoms with Crippen molar-refractivity contribution in [1.82, 2.24) is 0 Å². The van der Waals surface area contributed by atoms with Crippen LogP contribution in [0.2, 0.25) is 0 Å². The van der Waals surface area contributed by atoms with Crippen LogP contribution in [-0.2, 0) is 18.3 Å². The average molecular weight is 740 g/mol. The Morgan fingerprint density at radius 1 is 0.345 bits per heavy atom. The fraction of sp³-hybridized carbons (Fsp3) is 0.0877. The van der Waals surface area contributed by atoms with Gasteiger partial charge in [-0.05, 0) is 134 Å². The third-order valence-corrected chi connectivity index (χ3v) is 13.3. The quantitative estimate of drug-likeness (QED) is 0.170. The third-order valence-electron chi connectivity index (χ3n) is 13.3. The lowest BCUT2D eigenvalue weighted by Crippen LogP contribution is -2.26. The topological polar surface area (TPSA) is 3.24 Å². The van der Waals surface area contributed by atoms with E-state index in [-0.39, 0.29) is 0 Å². The first-order chi connectivity index (χ1) is 28.8. The van der Waals surface area contributed by atoms with Crippen LogP contribution in [0, 0.1) is 0 Å². The van der Waals surface area contributed by atoms with Crippen LogP contribution in [0.4, 0.5) is 17.1 Å². The van der Waals surface area contributed by atoms with Gasteiger partial charge in [-0.15, -0.1) is 0 Å². The van der Waals surface area contributed by atoms with Gasteiger partial charge in [0.25, 0.3) is 0 Å². The van der Waals surface area contributed by atoms with Gasteiger partial charge in [0.15, 0.2) is 0 Å². The number of hydrogen-bond donors (Lipinski definition) is 0. The summed E-state index contributed by atoms with van der Waals surface area (Å²) in [6, 6.07) is 75.4. The molecule has 0 saturated heterocycles. The van der Waals surface area contributed by atoms with Crippen molar-refractivity contribution in [1.29, 1.82) is 0 Å². The summed E-state index contributed by atoms with van der Waals surface area (Å²) >= 11 is 0. The van der Waals surface area contributed by atoms with E-state index in [2.05, 4.69) is 205 Å². The largest absolute Gasteiger partial charge is 0.309 e. The Balaban J connectivity index is 1.15. The molecule has 9 aromatic carbocycles. The van der Waals surface area contributed by atoms with Gasteiger partial charge in [-0.3, -0.25) is 0 Å². The second-order valence-electron chi connectivity index (χ2n) is 16.2. The van der Waals surface area contributed by atoms with E-state index in [9.17, 15) is 0 Å². The highest BCUT2D eigenvalue weighted by Crippen LogP contribution is 2.64. The Morgan fingerprint density at radius 2 is 0.914 bits per heavy atom. The number of hydrogen-bond acceptors (Lipinski definition) is 1. The summed E-state index contributed by atoms with van der Waals surface area (Å²) in [7, 11) is 0. The summed E-state index contributed by atoms with van der Waals surface area (Å²) in [5.41, 5.74) is 21.6.